The second kappa shape index (κ2) is 5.90. The third kappa shape index (κ3) is 3.53. The third-order valence-electron chi connectivity index (χ3n) is 3.49. The maximum Gasteiger partial charge on any atom is 0.244 e. The van der Waals surface area contributed by atoms with Crippen molar-refractivity contribution in [2.24, 2.45) is 0 Å². The topological polar surface area (TPSA) is 96.4 Å². The Morgan fingerprint density at radius 3 is 2.62 bits per heavy atom. The molecule has 1 saturated heterocycles. The lowest BCUT2D eigenvalue weighted by molar-refractivity contribution is 0.394. The molecule has 0 saturated carbocycles. The number of sulfonamides is 1. The summed E-state index contributed by atoms with van der Waals surface area (Å²) in [6.45, 7) is 2.61. The zero-order valence-corrected chi connectivity index (χ0v) is 13.6. The van der Waals surface area contributed by atoms with Crippen molar-refractivity contribution in [3.05, 3.63) is 18.3 Å². The first-order valence-electron chi connectivity index (χ1n) is 6.64. The minimum absolute atomic E-state index is 0.0368. The lowest BCUT2D eigenvalue weighted by Gasteiger charge is -2.22. The number of nitrogens with one attached hydrogen (secondary N) is 1. The van der Waals surface area contributed by atoms with E-state index in [4.69, 9.17) is 0 Å². The van der Waals surface area contributed by atoms with Crippen LogP contribution in [0.5, 0.6) is 0 Å². The quantitative estimate of drug-likeness (QED) is 0.834. The predicted octanol–water partition coefficient (Wildman–Crippen LogP) is 0.321. The van der Waals surface area contributed by atoms with Crippen LogP contribution in [0.1, 0.15) is 13.3 Å². The Labute approximate surface area is 125 Å². The van der Waals surface area contributed by atoms with Gasteiger partial charge in [-0.05, 0) is 25.5 Å². The Bertz CT molecular complexity index is 699. The molecule has 1 aromatic heterocycles. The van der Waals surface area contributed by atoms with Crippen LogP contribution >= 0.6 is 0 Å². The number of rotatable bonds is 5. The van der Waals surface area contributed by atoms with E-state index in [1.165, 1.54) is 19.3 Å². The molecule has 0 amide bonds. The van der Waals surface area contributed by atoms with E-state index in [1.54, 1.807) is 6.07 Å². The van der Waals surface area contributed by atoms with Crippen LogP contribution in [-0.4, -0.2) is 57.3 Å². The van der Waals surface area contributed by atoms with Gasteiger partial charge in [-0.25, -0.2) is 21.8 Å². The van der Waals surface area contributed by atoms with Crippen molar-refractivity contribution in [2.75, 3.05) is 30.4 Å². The molecule has 0 spiro atoms. The van der Waals surface area contributed by atoms with Gasteiger partial charge in [0.1, 0.15) is 10.7 Å². The van der Waals surface area contributed by atoms with Crippen LogP contribution in [0.3, 0.4) is 0 Å². The highest BCUT2D eigenvalue weighted by molar-refractivity contribution is 7.92. The molecule has 1 atom stereocenters. The smallest absolute Gasteiger partial charge is 0.244 e. The summed E-state index contributed by atoms with van der Waals surface area (Å²) in [4.78, 5) is 4.10. The molecule has 0 aliphatic carbocycles. The minimum Gasteiger partial charge on any atom is -0.370 e. The predicted molar refractivity (Wildman–Crippen MR) is 80.4 cm³/mol. The first-order valence-corrected chi connectivity index (χ1v) is 9.91. The summed E-state index contributed by atoms with van der Waals surface area (Å²) in [6, 6.07) is 2.56. The molecule has 1 aliphatic heterocycles. The van der Waals surface area contributed by atoms with Gasteiger partial charge in [-0.2, -0.15) is 4.31 Å². The van der Waals surface area contributed by atoms with Crippen molar-refractivity contribution in [3.8, 4) is 0 Å². The summed E-state index contributed by atoms with van der Waals surface area (Å²) in [6.07, 6.45) is 1.62. The molecule has 7 nitrogen and oxygen atoms in total. The van der Waals surface area contributed by atoms with Crippen LogP contribution in [0.25, 0.3) is 0 Å². The maximum absolute atomic E-state index is 12.5. The minimum atomic E-state index is -3.73. The molecule has 0 aromatic carbocycles. The van der Waals surface area contributed by atoms with E-state index in [-0.39, 0.29) is 16.4 Å². The van der Waals surface area contributed by atoms with Gasteiger partial charge < -0.3 is 5.32 Å². The number of anilines is 1. The first-order chi connectivity index (χ1) is 9.76. The van der Waals surface area contributed by atoms with Crippen molar-refractivity contribution in [1.29, 1.82) is 0 Å². The molecule has 1 aromatic rings. The molecule has 1 fully saturated rings. The van der Waals surface area contributed by atoms with Crippen molar-refractivity contribution < 1.29 is 16.8 Å². The molecule has 1 N–H and O–H groups in total. The third-order valence-corrected chi connectivity index (χ3v) is 7.14. The molecule has 21 heavy (non-hydrogen) atoms. The van der Waals surface area contributed by atoms with Gasteiger partial charge in [-0.3, -0.25) is 0 Å². The number of sulfone groups is 1. The zero-order chi connectivity index (χ0) is 15.7. The van der Waals surface area contributed by atoms with Crippen LogP contribution in [0.15, 0.2) is 23.2 Å². The van der Waals surface area contributed by atoms with Crippen LogP contribution in [0.4, 0.5) is 5.82 Å². The van der Waals surface area contributed by atoms with E-state index in [2.05, 4.69) is 10.3 Å². The van der Waals surface area contributed by atoms with E-state index >= 15 is 0 Å². The van der Waals surface area contributed by atoms with Gasteiger partial charge in [-0.1, -0.05) is 0 Å². The van der Waals surface area contributed by atoms with Gasteiger partial charge in [0, 0.05) is 25.8 Å². The fraction of sp³-hybridized carbons (Fsp3) is 0.583. The molecule has 9 heteroatoms. The number of hydrogen-bond donors (Lipinski definition) is 1. The Kier molecular flexibility index (Phi) is 4.54. The highest BCUT2D eigenvalue weighted by Gasteiger charge is 2.36. The van der Waals surface area contributed by atoms with Gasteiger partial charge >= 0.3 is 0 Å². The summed E-state index contributed by atoms with van der Waals surface area (Å²) in [5, 5.41) is 2.98. The molecule has 118 valence electrons. The second-order valence-electron chi connectivity index (χ2n) is 4.99. The lowest BCUT2D eigenvalue weighted by Crippen LogP contribution is -2.37. The zero-order valence-electron chi connectivity index (χ0n) is 12.0. The fourth-order valence-electron chi connectivity index (χ4n) is 2.24. The molecular formula is C12H19N3O4S2. The molecule has 0 radical (unpaired) electrons. The number of aromatic nitrogens is 1. The Hall–Kier alpha value is -1.19. The average molecular weight is 333 g/mol. The van der Waals surface area contributed by atoms with Gasteiger partial charge in [-0.15, -0.1) is 0 Å². The average Bonchev–Trinajstić information content (AvgIpc) is 2.79. The monoisotopic (exact) mass is 333 g/mol. The maximum atomic E-state index is 12.5. The molecule has 0 bridgehead atoms. The fourth-order valence-corrected chi connectivity index (χ4v) is 5.44. The molecule has 1 unspecified atom stereocenters. The molecule has 2 rings (SSSR count). The summed E-state index contributed by atoms with van der Waals surface area (Å²) >= 11 is 0. The van der Waals surface area contributed by atoms with Crippen LogP contribution in [0.2, 0.25) is 0 Å². The van der Waals surface area contributed by atoms with Gasteiger partial charge in [0.2, 0.25) is 10.0 Å². The molecular weight excluding hydrogens is 314 g/mol. The van der Waals surface area contributed by atoms with E-state index < -0.39 is 25.9 Å². The number of hydrogen-bond acceptors (Lipinski definition) is 6. The van der Waals surface area contributed by atoms with E-state index in [0.717, 1.165) is 4.31 Å². The van der Waals surface area contributed by atoms with Gasteiger partial charge in [0.05, 0.1) is 11.5 Å². The summed E-state index contributed by atoms with van der Waals surface area (Å²) in [5.74, 6) is 0.517. The van der Waals surface area contributed by atoms with E-state index in [0.29, 0.717) is 18.8 Å². The summed E-state index contributed by atoms with van der Waals surface area (Å²) in [7, 11) is -5.44. The summed E-state index contributed by atoms with van der Waals surface area (Å²) < 4.78 is 49.0. The van der Waals surface area contributed by atoms with E-state index in [1.807, 2.05) is 6.92 Å². The SMILES string of the molecule is CCNc1ccc(S(=O)(=O)N(C)C2CCS(=O)(=O)C2)cn1. The van der Waals surface area contributed by atoms with Gasteiger partial charge in [0.25, 0.3) is 0 Å². The van der Waals surface area contributed by atoms with Crippen molar-refractivity contribution >= 4 is 25.7 Å². The van der Waals surface area contributed by atoms with Crippen molar-refractivity contribution in [3.63, 3.8) is 0 Å². The number of pyridine rings is 1. The van der Waals surface area contributed by atoms with Crippen molar-refractivity contribution in [2.45, 2.75) is 24.3 Å². The van der Waals surface area contributed by atoms with Crippen LogP contribution < -0.4 is 5.32 Å². The molecule has 1 aliphatic rings. The number of nitrogens with zero attached hydrogens (tertiary/aromatic N) is 2. The largest absolute Gasteiger partial charge is 0.370 e. The summed E-state index contributed by atoms with van der Waals surface area (Å²) in [5.41, 5.74) is 0. The van der Waals surface area contributed by atoms with Crippen LogP contribution in [-0.2, 0) is 19.9 Å². The van der Waals surface area contributed by atoms with Gasteiger partial charge in [0.15, 0.2) is 9.84 Å². The highest BCUT2D eigenvalue weighted by Crippen LogP contribution is 2.23. The standard InChI is InChI=1S/C12H19N3O4S2/c1-3-13-12-5-4-11(8-14-12)21(18,19)15(2)10-6-7-20(16,17)9-10/h4-5,8,10H,3,6-7,9H2,1-2H3,(H,13,14). The highest BCUT2D eigenvalue weighted by atomic mass is 32.2. The van der Waals surface area contributed by atoms with Crippen LogP contribution in [0, 0.1) is 0 Å². The Morgan fingerprint density at radius 1 is 1.43 bits per heavy atom. The first kappa shape index (κ1) is 16.2. The normalized spacial score (nSPS) is 21.6. The van der Waals surface area contributed by atoms with Crippen molar-refractivity contribution in [1.82, 2.24) is 9.29 Å². The second-order valence-corrected chi connectivity index (χ2v) is 9.21. The Balaban J connectivity index is 2.21. The van der Waals surface area contributed by atoms with E-state index in [9.17, 15) is 16.8 Å². The lowest BCUT2D eigenvalue weighted by atomic mass is 10.3. The Morgan fingerprint density at radius 2 is 2.14 bits per heavy atom. The molecule has 2 heterocycles.